The van der Waals surface area contributed by atoms with Crippen molar-refractivity contribution >= 4 is 15.7 Å². The first-order chi connectivity index (χ1) is 10.9. The zero-order chi connectivity index (χ0) is 16.9. The zero-order valence-electron chi connectivity index (χ0n) is 13.6. The van der Waals surface area contributed by atoms with Gasteiger partial charge in [-0.3, -0.25) is 4.79 Å². The highest BCUT2D eigenvalue weighted by Crippen LogP contribution is 2.16. The average molecular weight is 340 g/mol. The molecule has 6 nitrogen and oxygen atoms in total. The lowest BCUT2D eigenvalue weighted by Gasteiger charge is -2.23. The quantitative estimate of drug-likeness (QED) is 0.752. The maximum atomic E-state index is 12.1. The summed E-state index contributed by atoms with van der Waals surface area (Å²) in [4.78, 5) is 14.2. The molecule has 1 heterocycles. The van der Waals surface area contributed by atoms with E-state index in [0.29, 0.717) is 31.2 Å². The van der Waals surface area contributed by atoms with Gasteiger partial charge in [-0.1, -0.05) is 0 Å². The van der Waals surface area contributed by atoms with E-state index >= 15 is 0 Å². The van der Waals surface area contributed by atoms with Crippen molar-refractivity contribution in [2.75, 3.05) is 33.0 Å². The molecule has 0 saturated carbocycles. The van der Waals surface area contributed by atoms with Crippen LogP contribution in [0.2, 0.25) is 0 Å². The van der Waals surface area contributed by atoms with Crippen LogP contribution in [-0.2, 0) is 14.6 Å². The van der Waals surface area contributed by atoms with E-state index < -0.39 is 9.84 Å². The molecule has 1 aliphatic heterocycles. The number of nitrogens with one attached hydrogen (secondary N) is 1. The fraction of sp³-hybridized carbons (Fsp3) is 0.562. The van der Waals surface area contributed by atoms with Crippen LogP contribution in [0, 0.1) is 0 Å². The summed E-state index contributed by atoms with van der Waals surface area (Å²) in [7, 11) is -1.33. The van der Waals surface area contributed by atoms with E-state index in [1.807, 2.05) is 11.9 Å². The lowest BCUT2D eigenvalue weighted by Crippen LogP contribution is -2.38. The molecule has 0 aromatic heterocycles. The summed E-state index contributed by atoms with van der Waals surface area (Å²) < 4.78 is 28.3. The summed E-state index contributed by atoms with van der Waals surface area (Å²) in [5, 5.41) is 3.25. The minimum absolute atomic E-state index is 0.134. The molecule has 1 fully saturated rings. The first-order valence-electron chi connectivity index (χ1n) is 7.77. The number of carbonyl (C=O) groups excluding carboxylic acids is 1. The van der Waals surface area contributed by atoms with Crippen molar-refractivity contribution in [1.82, 2.24) is 10.2 Å². The standard InChI is InChI=1S/C16H24N2O4S/c1-18(13-9-10-17-12-13)16(19)4-3-11-22-14-5-7-15(8-6-14)23(2,20)21/h5-8,13,17H,3-4,9-12H2,1-2H3. The first-order valence-corrected chi connectivity index (χ1v) is 9.66. The molecule has 1 aromatic carbocycles. The number of benzene rings is 1. The van der Waals surface area contributed by atoms with Gasteiger partial charge in [-0.15, -0.1) is 0 Å². The minimum atomic E-state index is -3.18. The van der Waals surface area contributed by atoms with Gasteiger partial charge >= 0.3 is 0 Å². The van der Waals surface area contributed by atoms with Crippen LogP contribution in [0.15, 0.2) is 29.2 Å². The Morgan fingerprint density at radius 2 is 2.04 bits per heavy atom. The second-order valence-electron chi connectivity index (χ2n) is 5.85. The van der Waals surface area contributed by atoms with Gasteiger partial charge in [0.05, 0.1) is 11.5 Å². The first kappa shape index (κ1) is 17.7. The van der Waals surface area contributed by atoms with Gasteiger partial charge in [-0.05, 0) is 43.7 Å². The molecule has 0 aliphatic carbocycles. The monoisotopic (exact) mass is 340 g/mol. The molecule has 1 aliphatic rings. The van der Waals surface area contributed by atoms with Gasteiger partial charge in [0, 0.05) is 32.3 Å². The molecule has 128 valence electrons. The lowest BCUT2D eigenvalue weighted by atomic mass is 10.2. The number of sulfone groups is 1. The highest BCUT2D eigenvalue weighted by Gasteiger charge is 2.22. The SMILES string of the molecule is CN(C(=O)CCCOc1ccc(S(C)(=O)=O)cc1)C1CCNC1. The van der Waals surface area contributed by atoms with Crippen molar-refractivity contribution in [2.45, 2.75) is 30.2 Å². The summed E-state index contributed by atoms with van der Waals surface area (Å²) in [5.74, 6) is 0.743. The molecule has 7 heteroatoms. The number of hydrogen-bond acceptors (Lipinski definition) is 5. The second-order valence-corrected chi connectivity index (χ2v) is 7.86. The molecule has 0 radical (unpaired) electrons. The van der Waals surface area contributed by atoms with Crippen LogP contribution in [0.1, 0.15) is 19.3 Å². The fourth-order valence-electron chi connectivity index (χ4n) is 2.55. The summed E-state index contributed by atoms with van der Waals surface area (Å²) in [5.41, 5.74) is 0. The van der Waals surface area contributed by atoms with E-state index in [1.165, 1.54) is 18.4 Å². The highest BCUT2D eigenvalue weighted by atomic mass is 32.2. The third-order valence-electron chi connectivity index (χ3n) is 4.03. The Labute approximate surface area is 137 Å². The normalized spacial score (nSPS) is 17.9. The molecule has 1 atom stereocenters. The van der Waals surface area contributed by atoms with Gasteiger partial charge in [-0.25, -0.2) is 8.42 Å². The highest BCUT2D eigenvalue weighted by molar-refractivity contribution is 7.90. The van der Waals surface area contributed by atoms with Crippen LogP contribution in [0.5, 0.6) is 5.75 Å². The van der Waals surface area contributed by atoms with Crippen molar-refractivity contribution in [3.8, 4) is 5.75 Å². The molecule has 1 N–H and O–H groups in total. The third-order valence-corrected chi connectivity index (χ3v) is 5.16. The Morgan fingerprint density at radius 3 is 2.61 bits per heavy atom. The smallest absolute Gasteiger partial charge is 0.222 e. The van der Waals surface area contributed by atoms with Crippen molar-refractivity contribution in [3.63, 3.8) is 0 Å². The summed E-state index contributed by atoms with van der Waals surface area (Å²) in [6.07, 6.45) is 3.27. The lowest BCUT2D eigenvalue weighted by molar-refractivity contribution is -0.131. The number of nitrogens with zero attached hydrogens (tertiary/aromatic N) is 1. The Hall–Kier alpha value is -1.60. The molecule has 1 amide bonds. The number of ether oxygens (including phenoxy) is 1. The number of hydrogen-bond donors (Lipinski definition) is 1. The van der Waals surface area contributed by atoms with Crippen LogP contribution < -0.4 is 10.1 Å². The van der Waals surface area contributed by atoms with E-state index in [1.54, 1.807) is 12.1 Å². The van der Waals surface area contributed by atoms with Gasteiger partial charge in [0.25, 0.3) is 0 Å². The molecular formula is C16H24N2O4S. The largest absolute Gasteiger partial charge is 0.494 e. The minimum Gasteiger partial charge on any atom is -0.494 e. The van der Waals surface area contributed by atoms with Gasteiger partial charge in [-0.2, -0.15) is 0 Å². The number of carbonyl (C=O) groups is 1. The number of likely N-dealkylation sites (N-methyl/N-ethyl adjacent to an activating group) is 1. The number of amides is 1. The summed E-state index contributed by atoms with van der Waals surface area (Å²) >= 11 is 0. The summed E-state index contributed by atoms with van der Waals surface area (Å²) in [6.45, 7) is 2.26. The predicted molar refractivity (Wildman–Crippen MR) is 88.3 cm³/mol. The van der Waals surface area contributed by atoms with Gasteiger partial charge < -0.3 is 15.0 Å². The third kappa shape index (κ3) is 5.21. The van der Waals surface area contributed by atoms with Gasteiger partial charge in [0.15, 0.2) is 9.84 Å². The summed E-state index contributed by atoms with van der Waals surface area (Å²) in [6, 6.07) is 6.61. The Morgan fingerprint density at radius 1 is 1.35 bits per heavy atom. The van der Waals surface area contributed by atoms with E-state index in [9.17, 15) is 13.2 Å². The predicted octanol–water partition coefficient (Wildman–Crippen LogP) is 1.07. The average Bonchev–Trinajstić information content (AvgIpc) is 3.04. The van der Waals surface area contributed by atoms with Crippen LogP contribution in [0.25, 0.3) is 0 Å². The van der Waals surface area contributed by atoms with Crippen LogP contribution >= 0.6 is 0 Å². The van der Waals surface area contributed by atoms with Gasteiger partial charge in [0.1, 0.15) is 5.75 Å². The van der Waals surface area contributed by atoms with Crippen LogP contribution in [0.3, 0.4) is 0 Å². The van der Waals surface area contributed by atoms with E-state index in [0.717, 1.165) is 19.5 Å². The topological polar surface area (TPSA) is 75.7 Å². The molecule has 0 bridgehead atoms. The molecule has 0 spiro atoms. The molecule has 1 saturated heterocycles. The maximum Gasteiger partial charge on any atom is 0.222 e. The van der Waals surface area contributed by atoms with E-state index in [2.05, 4.69) is 5.32 Å². The molecule has 23 heavy (non-hydrogen) atoms. The van der Waals surface area contributed by atoms with E-state index in [-0.39, 0.29) is 10.8 Å². The number of rotatable bonds is 7. The Kier molecular flexibility index (Phi) is 6.01. The fourth-order valence-corrected chi connectivity index (χ4v) is 3.18. The molecule has 1 unspecified atom stereocenters. The van der Waals surface area contributed by atoms with Crippen molar-refractivity contribution in [2.24, 2.45) is 0 Å². The van der Waals surface area contributed by atoms with Crippen molar-refractivity contribution < 1.29 is 17.9 Å². The second kappa shape index (κ2) is 7.79. The molecule has 2 rings (SSSR count). The van der Waals surface area contributed by atoms with E-state index in [4.69, 9.17) is 4.74 Å². The molecular weight excluding hydrogens is 316 g/mol. The maximum absolute atomic E-state index is 12.1. The zero-order valence-corrected chi connectivity index (χ0v) is 14.4. The van der Waals surface area contributed by atoms with Crippen molar-refractivity contribution in [1.29, 1.82) is 0 Å². The molecule has 1 aromatic rings. The van der Waals surface area contributed by atoms with Crippen LogP contribution in [0.4, 0.5) is 0 Å². The van der Waals surface area contributed by atoms with Crippen molar-refractivity contribution in [3.05, 3.63) is 24.3 Å². The van der Waals surface area contributed by atoms with Crippen LogP contribution in [-0.4, -0.2) is 58.3 Å². The Balaban J connectivity index is 1.71. The Bertz CT molecular complexity index is 622. The van der Waals surface area contributed by atoms with Gasteiger partial charge in [0.2, 0.25) is 5.91 Å².